The molecule has 5 nitrogen and oxygen atoms in total. The Morgan fingerprint density at radius 2 is 1.97 bits per heavy atom. The van der Waals surface area contributed by atoms with Gasteiger partial charge in [-0.15, -0.1) is 11.3 Å². The maximum absolute atomic E-state index is 12.2. The molecular formula is C23H17BrN2O3S. The Labute approximate surface area is 185 Å². The van der Waals surface area contributed by atoms with E-state index in [4.69, 9.17) is 4.74 Å². The molecule has 3 heterocycles. The molecule has 0 spiro atoms. The van der Waals surface area contributed by atoms with Gasteiger partial charge in [0.25, 0.3) is 5.56 Å². The fourth-order valence-corrected chi connectivity index (χ4v) is 4.07. The molecule has 0 N–H and O–H groups in total. The highest BCUT2D eigenvalue weighted by Gasteiger charge is 2.06. The number of nitrogens with zero attached hydrogens (tertiary/aromatic N) is 2. The van der Waals surface area contributed by atoms with Crippen molar-refractivity contribution in [2.45, 2.75) is 13.5 Å². The largest absolute Gasteiger partial charge is 0.456 e. The van der Waals surface area contributed by atoms with Gasteiger partial charge in [-0.3, -0.25) is 9.20 Å². The Bertz CT molecular complexity index is 1310. The predicted molar refractivity (Wildman–Crippen MR) is 122 cm³/mol. The van der Waals surface area contributed by atoms with Crippen molar-refractivity contribution in [2.24, 2.45) is 0 Å². The number of hydrogen-bond donors (Lipinski definition) is 0. The van der Waals surface area contributed by atoms with E-state index in [-0.39, 0.29) is 12.2 Å². The molecule has 0 aliphatic heterocycles. The molecule has 0 bridgehead atoms. The molecule has 0 aliphatic rings. The molecule has 3 aromatic heterocycles. The van der Waals surface area contributed by atoms with Gasteiger partial charge < -0.3 is 4.74 Å². The summed E-state index contributed by atoms with van der Waals surface area (Å²) < 4.78 is 7.75. The quantitative estimate of drug-likeness (QED) is 0.289. The first-order valence-corrected chi connectivity index (χ1v) is 10.8. The monoisotopic (exact) mass is 480 g/mol. The predicted octanol–water partition coefficient (Wildman–Crippen LogP) is 5.25. The first-order valence-electron chi connectivity index (χ1n) is 9.17. The summed E-state index contributed by atoms with van der Waals surface area (Å²) in [5.74, 6) is -0.487. The highest BCUT2D eigenvalue weighted by molar-refractivity contribution is 9.10. The smallest absolute Gasteiger partial charge is 0.331 e. The van der Waals surface area contributed by atoms with Crippen molar-refractivity contribution in [3.8, 4) is 10.4 Å². The van der Waals surface area contributed by atoms with Crippen molar-refractivity contribution < 1.29 is 9.53 Å². The van der Waals surface area contributed by atoms with Crippen LogP contribution in [-0.4, -0.2) is 15.4 Å². The molecule has 0 saturated heterocycles. The van der Waals surface area contributed by atoms with Crippen LogP contribution < -0.4 is 5.56 Å². The number of aromatic nitrogens is 2. The third-order valence-corrected chi connectivity index (χ3v) is 5.99. The molecule has 30 heavy (non-hydrogen) atoms. The van der Waals surface area contributed by atoms with Gasteiger partial charge >= 0.3 is 5.97 Å². The average Bonchev–Trinajstić information content (AvgIpc) is 3.21. The second-order valence-corrected chi connectivity index (χ2v) is 8.70. The molecule has 0 atom stereocenters. The second-order valence-electron chi connectivity index (χ2n) is 6.67. The number of pyridine rings is 1. The van der Waals surface area contributed by atoms with E-state index in [0.717, 1.165) is 25.4 Å². The second kappa shape index (κ2) is 8.77. The zero-order valence-electron chi connectivity index (χ0n) is 16.0. The number of carbonyl (C=O) groups excluding carboxylic acids is 1. The van der Waals surface area contributed by atoms with E-state index in [9.17, 15) is 9.59 Å². The van der Waals surface area contributed by atoms with E-state index < -0.39 is 5.97 Å². The topological polar surface area (TPSA) is 60.7 Å². The van der Waals surface area contributed by atoms with Gasteiger partial charge in [0.1, 0.15) is 12.3 Å². The Hall–Kier alpha value is -3.03. The molecule has 1 aromatic carbocycles. The number of benzene rings is 1. The van der Waals surface area contributed by atoms with Crippen molar-refractivity contribution in [2.75, 3.05) is 0 Å². The molecule has 0 aliphatic carbocycles. The Morgan fingerprint density at radius 1 is 1.17 bits per heavy atom. The summed E-state index contributed by atoms with van der Waals surface area (Å²) in [6.07, 6.45) is 4.84. The van der Waals surface area contributed by atoms with Crippen LogP contribution in [0.25, 0.3) is 22.2 Å². The van der Waals surface area contributed by atoms with Gasteiger partial charge in [-0.1, -0.05) is 34.1 Å². The summed E-state index contributed by atoms with van der Waals surface area (Å²) in [6.45, 7) is 1.85. The molecular weight excluding hydrogens is 464 g/mol. The number of hydrogen-bond acceptors (Lipinski definition) is 5. The third-order valence-electron chi connectivity index (χ3n) is 4.36. The number of fused-ring (bicyclic) bond motifs is 1. The summed E-state index contributed by atoms with van der Waals surface area (Å²) in [4.78, 5) is 30.7. The van der Waals surface area contributed by atoms with Crippen LogP contribution in [0.5, 0.6) is 0 Å². The Kier molecular flexibility index (Phi) is 5.92. The maximum atomic E-state index is 12.2. The Balaban J connectivity index is 1.40. The van der Waals surface area contributed by atoms with Gasteiger partial charge in [0.05, 0.1) is 5.69 Å². The summed E-state index contributed by atoms with van der Waals surface area (Å²) in [6, 6.07) is 17.1. The number of carbonyl (C=O) groups is 1. The summed E-state index contributed by atoms with van der Waals surface area (Å²) in [5, 5.41) is 0. The number of esters is 1. The minimum absolute atomic E-state index is 0.0582. The maximum Gasteiger partial charge on any atom is 0.331 e. The van der Waals surface area contributed by atoms with Crippen molar-refractivity contribution in [1.82, 2.24) is 9.38 Å². The zero-order chi connectivity index (χ0) is 21.1. The standard InChI is InChI=1S/C23H17BrN2O3S/c1-15-2-10-21-25-18(12-22(27)26(21)13-15)14-29-23(28)11-8-19-7-9-20(30-19)16-3-5-17(24)6-4-16/h2-13H,14H2,1H3/b11-8+. The molecule has 0 saturated carbocycles. The number of halogens is 1. The van der Waals surface area contributed by atoms with Crippen molar-refractivity contribution in [3.05, 3.63) is 97.8 Å². The van der Waals surface area contributed by atoms with E-state index in [1.54, 1.807) is 29.7 Å². The lowest BCUT2D eigenvalue weighted by Crippen LogP contribution is -2.16. The van der Waals surface area contributed by atoms with E-state index in [2.05, 4.69) is 20.9 Å². The van der Waals surface area contributed by atoms with Crippen LogP contribution in [0.2, 0.25) is 0 Å². The van der Waals surface area contributed by atoms with E-state index in [1.807, 2.05) is 49.4 Å². The van der Waals surface area contributed by atoms with Crippen LogP contribution in [-0.2, 0) is 16.1 Å². The van der Waals surface area contributed by atoms with Gasteiger partial charge in [0.15, 0.2) is 0 Å². The fraction of sp³-hybridized carbons (Fsp3) is 0.0870. The van der Waals surface area contributed by atoms with E-state index >= 15 is 0 Å². The molecule has 0 fully saturated rings. The van der Waals surface area contributed by atoms with Crippen LogP contribution in [0.15, 0.2) is 76.1 Å². The summed E-state index contributed by atoms with van der Waals surface area (Å²) in [5.41, 5.74) is 2.82. The van der Waals surface area contributed by atoms with Crippen molar-refractivity contribution in [1.29, 1.82) is 0 Å². The van der Waals surface area contributed by atoms with Crippen molar-refractivity contribution in [3.63, 3.8) is 0 Å². The highest BCUT2D eigenvalue weighted by atomic mass is 79.9. The molecule has 0 radical (unpaired) electrons. The van der Waals surface area contributed by atoms with Gasteiger partial charge in [-0.2, -0.15) is 0 Å². The fourth-order valence-electron chi connectivity index (χ4n) is 2.89. The van der Waals surface area contributed by atoms with Crippen molar-refractivity contribution >= 4 is 45.0 Å². The van der Waals surface area contributed by atoms with E-state index in [1.165, 1.54) is 16.5 Å². The third kappa shape index (κ3) is 4.75. The lowest BCUT2D eigenvalue weighted by molar-refractivity contribution is -0.139. The molecule has 4 rings (SSSR count). The normalized spacial score (nSPS) is 11.3. The lowest BCUT2D eigenvalue weighted by Gasteiger charge is -2.05. The summed E-state index contributed by atoms with van der Waals surface area (Å²) in [7, 11) is 0. The van der Waals surface area contributed by atoms with Gasteiger partial charge in [-0.05, 0) is 54.5 Å². The number of ether oxygens (including phenoxy) is 1. The van der Waals surface area contributed by atoms with Crippen LogP contribution in [0.3, 0.4) is 0 Å². The average molecular weight is 481 g/mol. The lowest BCUT2D eigenvalue weighted by atomic mass is 10.2. The molecule has 150 valence electrons. The van der Waals surface area contributed by atoms with Gasteiger partial charge in [0, 0.05) is 32.6 Å². The van der Waals surface area contributed by atoms with Crippen LogP contribution in [0.4, 0.5) is 0 Å². The zero-order valence-corrected chi connectivity index (χ0v) is 18.4. The minimum Gasteiger partial charge on any atom is -0.456 e. The highest BCUT2D eigenvalue weighted by Crippen LogP contribution is 2.29. The molecule has 0 unspecified atom stereocenters. The van der Waals surface area contributed by atoms with Crippen LogP contribution in [0, 0.1) is 6.92 Å². The minimum atomic E-state index is -0.487. The first kappa shape index (κ1) is 20.3. The van der Waals surface area contributed by atoms with Gasteiger partial charge in [0.2, 0.25) is 0 Å². The SMILES string of the molecule is Cc1ccc2nc(COC(=O)/C=C/c3ccc(-c4ccc(Br)cc4)s3)cc(=O)n2c1. The summed E-state index contributed by atoms with van der Waals surface area (Å²) >= 11 is 5.02. The molecule has 4 aromatic rings. The number of thiophene rings is 1. The molecule has 7 heteroatoms. The van der Waals surface area contributed by atoms with Gasteiger partial charge in [-0.25, -0.2) is 9.78 Å². The van der Waals surface area contributed by atoms with Crippen LogP contribution >= 0.6 is 27.3 Å². The van der Waals surface area contributed by atoms with E-state index in [0.29, 0.717) is 11.3 Å². The first-order chi connectivity index (χ1) is 14.5. The number of aryl methyl sites for hydroxylation is 1. The molecule has 0 amide bonds. The van der Waals surface area contributed by atoms with Crippen LogP contribution in [0.1, 0.15) is 16.1 Å². The Morgan fingerprint density at radius 3 is 2.77 bits per heavy atom. The number of rotatable bonds is 5.